The largest absolute Gasteiger partial charge is 0.384 e. The lowest BCUT2D eigenvalue weighted by Gasteiger charge is -2.35. The number of anilines is 1. The Labute approximate surface area is 116 Å². The first-order valence-electron chi connectivity index (χ1n) is 7.25. The van der Waals surface area contributed by atoms with Crippen LogP contribution in [0, 0.1) is 6.92 Å². The Balaban J connectivity index is 2.19. The molecule has 0 unspecified atom stereocenters. The zero-order valence-electron chi connectivity index (χ0n) is 12.2. The average Bonchev–Trinajstić information content (AvgIpc) is 2.33. The maximum atomic E-state index is 12.6. The molecule has 1 aromatic rings. The number of carbonyl (C=O) groups is 1. The van der Waals surface area contributed by atoms with Gasteiger partial charge in [0.2, 0.25) is 0 Å². The fraction of sp³-hybridized carbons (Fsp3) is 0.562. The molecule has 1 N–H and O–H groups in total. The van der Waals surface area contributed by atoms with Crippen molar-refractivity contribution in [3.05, 3.63) is 29.3 Å². The van der Waals surface area contributed by atoms with Crippen molar-refractivity contribution in [3.63, 3.8) is 0 Å². The van der Waals surface area contributed by atoms with Crippen LogP contribution in [0.25, 0.3) is 0 Å². The second-order valence-electron chi connectivity index (χ2n) is 5.48. The third-order valence-corrected chi connectivity index (χ3v) is 3.91. The minimum atomic E-state index is 0.142. The summed E-state index contributed by atoms with van der Waals surface area (Å²) in [5.41, 5.74) is 2.95. The van der Waals surface area contributed by atoms with Crippen LogP contribution in [0.3, 0.4) is 0 Å². The summed E-state index contributed by atoms with van der Waals surface area (Å²) in [5.74, 6) is 0.142. The van der Waals surface area contributed by atoms with Gasteiger partial charge in [-0.3, -0.25) is 4.79 Å². The quantitative estimate of drug-likeness (QED) is 0.879. The molecular weight excluding hydrogens is 236 g/mol. The van der Waals surface area contributed by atoms with Gasteiger partial charge in [0.15, 0.2) is 0 Å². The Morgan fingerprint density at radius 1 is 1.42 bits per heavy atom. The highest BCUT2D eigenvalue weighted by molar-refractivity contribution is 5.99. The van der Waals surface area contributed by atoms with Crippen LogP contribution in [0.15, 0.2) is 18.2 Å². The fourth-order valence-electron chi connectivity index (χ4n) is 2.38. The van der Waals surface area contributed by atoms with E-state index in [9.17, 15) is 4.79 Å². The summed E-state index contributed by atoms with van der Waals surface area (Å²) in [6, 6.07) is 6.47. The van der Waals surface area contributed by atoms with Crippen molar-refractivity contribution >= 4 is 11.6 Å². The fourth-order valence-corrected chi connectivity index (χ4v) is 2.38. The van der Waals surface area contributed by atoms with Gasteiger partial charge in [-0.1, -0.05) is 13.0 Å². The van der Waals surface area contributed by atoms with Gasteiger partial charge in [0.25, 0.3) is 5.91 Å². The highest BCUT2D eigenvalue weighted by Crippen LogP contribution is 2.27. The van der Waals surface area contributed by atoms with E-state index < -0.39 is 0 Å². The summed E-state index contributed by atoms with van der Waals surface area (Å²) in [4.78, 5) is 14.5. The molecule has 1 amide bonds. The average molecular weight is 260 g/mol. The number of hydrogen-bond acceptors (Lipinski definition) is 2. The van der Waals surface area contributed by atoms with E-state index in [0.29, 0.717) is 6.04 Å². The second-order valence-corrected chi connectivity index (χ2v) is 5.48. The van der Waals surface area contributed by atoms with E-state index in [1.165, 1.54) is 12.0 Å². The molecule has 0 spiro atoms. The molecule has 1 fully saturated rings. The van der Waals surface area contributed by atoms with Crippen molar-refractivity contribution < 1.29 is 4.79 Å². The molecule has 3 heteroatoms. The molecule has 0 bridgehead atoms. The van der Waals surface area contributed by atoms with E-state index in [1.54, 1.807) is 0 Å². The number of benzene rings is 1. The molecule has 2 rings (SSSR count). The lowest BCUT2D eigenvalue weighted by Crippen LogP contribution is -2.41. The van der Waals surface area contributed by atoms with E-state index in [4.69, 9.17) is 0 Å². The van der Waals surface area contributed by atoms with Crippen LogP contribution in [0.4, 0.5) is 5.69 Å². The first-order valence-corrected chi connectivity index (χ1v) is 7.25. The summed E-state index contributed by atoms with van der Waals surface area (Å²) < 4.78 is 0. The van der Waals surface area contributed by atoms with E-state index in [1.807, 2.05) is 24.1 Å². The van der Waals surface area contributed by atoms with Crippen LogP contribution >= 0.6 is 0 Å². The van der Waals surface area contributed by atoms with Crippen LogP contribution in [-0.2, 0) is 0 Å². The second kappa shape index (κ2) is 6.09. The van der Waals surface area contributed by atoms with E-state index in [2.05, 4.69) is 25.2 Å². The summed E-state index contributed by atoms with van der Waals surface area (Å²) in [7, 11) is 1.93. The van der Waals surface area contributed by atoms with Crippen LogP contribution in [0.5, 0.6) is 0 Å². The zero-order chi connectivity index (χ0) is 13.8. The Morgan fingerprint density at radius 3 is 2.74 bits per heavy atom. The Hall–Kier alpha value is -1.51. The molecule has 1 aliphatic carbocycles. The number of hydrogen-bond donors (Lipinski definition) is 1. The molecular formula is C16H24N2O. The minimum Gasteiger partial charge on any atom is -0.384 e. The molecule has 0 aliphatic heterocycles. The highest BCUT2D eigenvalue weighted by Gasteiger charge is 2.27. The van der Waals surface area contributed by atoms with Crippen molar-refractivity contribution in [2.75, 3.05) is 18.9 Å². The maximum absolute atomic E-state index is 12.6. The van der Waals surface area contributed by atoms with Gasteiger partial charge >= 0.3 is 0 Å². The number of nitrogens with one attached hydrogen (secondary N) is 1. The summed E-state index contributed by atoms with van der Waals surface area (Å²) in [5, 5.41) is 3.37. The Bertz CT molecular complexity index is 452. The van der Waals surface area contributed by atoms with Gasteiger partial charge in [-0.2, -0.15) is 0 Å². The van der Waals surface area contributed by atoms with E-state index in [0.717, 1.165) is 37.1 Å². The monoisotopic (exact) mass is 260 g/mol. The smallest absolute Gasteiger partial charge is 0.255 e. The normalized spacial score (nSPS) is 14.9. The highest BCUT2D eigenvalue weighted by atomic mass is 16.2. The van der Waals surface area contributed by atoms with E-state index in [-0.39, 0.29) is 5.91 Å². The van der Waals surface area contributed by atoms with Crippen molar-refractivity contribution in [1.82, 2.24) is 4.90 Å². The van der Waals surface area contributed by atoms with Gasteiger partial charge in [0, 0.05) is 25.3 Å². The first-order chi connectivity index (χ1) is 9.13. The topological polar surface area (TPSA) is 32.3 Å². The Morgan fingerprint density at radius 2 is 2.16 bits per heavy atom. The molecule has 0 aromatic heterocycles. The van der Waals surface area contributed by atoms with Gasteiger partial charge in [-0.25, -0.2) is 0 Å². The molecule has 1 saturated carbocycles. The number of carbonyl (C=O) groups excluding carboxylic acids is 1. The molecule has 0 atom stereocenters. The van der Waals surface area contributed by atoms with Crippen LogP contribution in [0.1, 0.15) is 48.5 Å². The van der Waals surface area contributed by atoms with Gasteiger partial charge in [-0.15, -0.1) is 0 Å². The number of aryl methyl sites for hydroxylation is 1. The molecule has 104 valence electrons. The molecule has 3 nitrogen and oxygen atoms in total. The van der Waals surface area contributed by atoms with Crippen molar-refractivity contribution in [1.29, 1.82) is 0 Å². The lowest BCUT2D eigenvalue weighted by molar-refractivity contribution is 0.0653. The SMILES string of the molecule is CCCNc1cc(C)ccc1C(=O)N(C)C1CCC1. The molecule has 1 aromatic carbocycles. The van der Waals surface area contributed by atoms with Crippen molar-refractivity contribution in [3.8, 4) is 0 Å². The number of nitrogens with zero attached hydrogens (tertiary/aromatic N) is 1. The lowest BCUT2D eigenvalue weighted by atomic mass is 9.91. The zero-order valence-corrected chi connectivity index (χ0v) is 12.2. The summed E-state index contributed by atoms with van der Waals surface area (Å²) in [6.07, 6.45) is 4.59. The molecule has 0 radical (unpaired) electrons. The summed E-state index contributed by atoms with van der Waals surface area (Å²) >= 11 is 0. The van der Waals surface area contributed by atoms with Gasteiger partial charge in [-0.05, 0) is 50.3 Å². The molecule has 1 aliphatic rings. The minimum absolute atomic E-state index is 0.142. The maximum Gasteiger partial charge on any atom is 0.255 e. The Kier molecular flexibility index (Phi) is 4.46. The van der Waals surface area contributed by atoms with Crippen LogP contribution < -0.4 is 5.32 Å². The molecule has 19 heavy (non-hydrogen) atoms. The van der Waals surface area contributed by atoms with Crippen LogP contribution in [0.2, 0.25) is 0 Å². The number of amides is 1. The third kappa shape index (κ3) is 3.09. The van der Waals surface area contributed by atoms with Crippen molar-refractivity contribution in [2.24, 2.45) is 0 Å². The first kappa shape index (κ1) is 13.9. The number of rotatable bonds is 5. The predicted molar refractivity (Wildman–Crippen MR) is 79.7 cm³/mol. The predicted octanol–water partition coefficient (Wildman–Crippen LogP) is 3.44. The molecule has 0 heterocycles. The van der Waals surface area contributed by atoms with E-state index >= 15 is 0 Å². The van der Waals surface area contributed by atoms with Gasteiger partial charge < -0.3 is 10.2 Å². The van der Waals surface area contributed by atoms with Crippen LogP contribution in [-0.4, -0.2) is 30.4 Å². The molecule has 0 saturated heterocycles. The third-order valence-electron chi connectivity index (χ3n) is 3.91. The van der Waals surface area contributed by atoms with Gasteiger partial charge in [0.1, 0.15) is 0 Å². The van der Waals surface area contributed by atoms with Gasteiger partial charge in [0.05, 0.1) is 5.56 Å². The van der Waals surface area contributed by atoms with Crippen molar-refractivity contribution in [2.45, 2.75) is 45.6 Å². The summed E-state index contributed by atoms with van der Waals surface area (Å²) in [6.45, 7) is 5.09. The standard InChI is InChI=1S/C16H24N2O/c1-4-10-17-15-11-12(2)8-9-14(15)16(19)18(3)13-6-5-7-13/h8-9,11,13,17H,4-7,10H2,1-3H3.